The number of nitrogens with zero attached hydrogens (tertiary/aromatic N) is 2. The first-order valence-electron chi connectivity index (χ1n) is 9.05. The largest absolute Gasteiger partial charge is 0.493 e. The lowest BCUT2D eigenvalue weighted by Crippen LogP contribution is -2.47. The molecule has 1 aliphatic rings. The van der Waals surface area contributed by atoms with Gasteiger partial charge in [0, 0.05) is 38.4 Å². The van der Waals surface area contributed by atoms with Crippen molar-refractivity contribution < 1.29 is 14.6 Å². The molecule has 2 aromatic rings. The number of aryl methyl sites for hydroxylation is 1. The van der Waals surface area contributed by atoms with E-state index in [2.05, 4.69) is 41.0 Å². The molecule has 0 aliphatic carbocycles. The van der Waals surface area contributed by atoms with Gasteiger partial charge in [-0.2, -0.15) is 0 Å². The minimum Gasteiger partial charge on any atom is -0.493 e. The number of hydrogen-bond acceptors (Lipinski definition) is 5. The number of hydrogen-bond donors (Lipinski definition) is 1. The molecule has 1 atom stereocenters. The zero-order chi connectivity index (χ0) is 18.5. The minimum absolute atomic E-state index is 0.542. The molecule has 5 heteroatoms. The predicted octanol–water partition coefficient (Wildman–Crippen LogP) is 2.87. The van der Waals surface area contributed by atoms with Gasteiger partial charge < -0.3 is 19.5 Å². The second kappa shape index (κ2) is 8.43. The van der Waals surface area contributed by atoms with Crippen LogP contribution in [0.2, 0.25) is 0 Å². The van der Waals surface area contributed by atoms with Crippen LogP contribution in [0.1, 0.15) is 17.2 Å². The molecule has 26 heavy (non-hydrogen) atoms. The Kier molecular flexibility index (Phi) is 6.01. The van der Waals surface area contributed by atoms with E-state index in [-0.39, 0.29) is 0 Å². The highest BCUT2D eigenvalue weighted by Gasteiger charge is 2.21. The summed E-state index contributed by atoms with van der Waals surface area (Å²) in [4.78, 5) is 4.74. The van der Waals surface area contributed by atoms with Crippen molar-refractivity contribution in [1.29, 1.82) is 0 Å². The number of ether oxygens (including phenoxy) is 2. The summed E-state index contributed by atoms with van der Waals surface area (Å²) in [5, 5.41) is 10.6. The van der Waals surface area contributed by atoms with Gasteiger partial charge >= 0.3 is 0 Å². The normalized spacial score (nSPS) is 16.4. The van der Waals surface area contributed by atoms with E-state index in [4.69, 9.17) is 9.47 Å². The summed E-state index contributed by atoms with van der Waals surface area (Å²) < 4.78 is 10.6. The second-order valence-corrected chi connectivity index (χ2v) is 6.70. The van der Waals surface area contributed by atoms with E-state index >= 15 is 0 Å². The lowest BCUT2D eigenvalue weighted by molar-refractivity contribution is 0.109. The van der Waals surface area contributed by atoms with Gasteiger partial charge in [-0.05, 0) is 36.2 Å². The van der Waals surface area contributed by atoms with Gasteiger partial charge in [0.2, 0.25) is 0 Å². The average Bonchev–Trinajstić information content (AvgIpc) is 2.68. The van der Waals surface area contributed by atoms with Crippen LogP contribution in [0.25, 0.3) is 0 Å². The van der Waals surface area contributed by atoms with Crippen LogP contribution >= 0.6 is 0 Å². The van der Waals surface area contributed by atoms with Crippen molar-refractivity contribution in [3.05, 3.63) is 53.6 Å². The van der Waals surface area contributed by atoms with Crippen molar-refractivity contribution in [2.45, 2.75) is 13.0 Å². The highest BCUT2D eigenvalue weighted by molar-refractivity contribution is 5.53. The molecule has 0 saturated carbocycles. The Hall–Kier alpha value is -2.24. The van der Waals surface area contributed by atoms with Crippen LogP contribution in [0.3, 0.4) is 0 Å². The minimum atomic E-state index is -0.542. The lowest BCUT2D eigenvalue weighted by atomic mass is 10.1. The van der Waals surface area contributed by atoms with Gasteiger partial charge in [0.25, 0.3) is 0 Å². The molecule has 5 nitrogen and oxygen atoms in total. The molecule has 0 radical (unpaired) electrons. The number of benzene rings is 2. The molecular formula is C21H28N2O3. The number of β-amino-alcohol motifs (C(OH)–C–C–N with tert-alkyl or cyclic N) is 1. The summed E-state index contributed by atoms with van der Waals surface area (Å²) in [6.07, 6.45) is -0.542. The van der Waals surface area contributed by atoms with Gasteiger partial charge in [-0.15, -0.1) is 0 Å². The smallest absolute Gasteiger partial charge is 0.161 e. The maximum absolute atomic E-state index is 10.6. The van der Waals surface area contributed by atoms with Gasteiger partial charge in [0.15, 0.2) is 11.5 Å². The molecule has 0 unspecified atom stereocenters. The lowest BCUT2D eigenvalue weighted by Gasteiger charge is -2.37. The number of anilines is 1. The molecule has 1 fully saturated rings. The third kappa shape index (κ3) is 4.11. The SMILES string of the molecule is COc1ccc([C@H](O)CN2CCN(c3ccccc3C)CC2)cc1OC. The van der Waals surface area contributed by atoms with Gasteiger partial charge in [-0.1, -0.05) is 24.3 Å². The molecule has 3 rings (SSSR count). The van der Waals surface area contributed by atoms with Gasteiger partial charge in [0.05, 0.1) is 20.3 Å². The maximum atomic E-state index is 10.6. The number of para-hydroxylation sites is 1. The van der Waals surface area contributed by atoms with Crippen LogP contribution < -0.4 is 14.4 Å². The quantitative estimate of drug-likeness (QED) is 0.862. The molecule has 140 valence electrons. The van der Waals surface area contributed by atoms with Crippen molar-refractivity contribution in [2.24, 2.45) is 0 Å². The second-order valence-electron chi connectivity index (χ2n) is 6.70. The Morgan fingerprint density at radius 1 is 0.962 bits per heavy atom. The fraction of sp³-hybridized carbons (Fsp3) is 0.429. The van der Waals surface area contributed by atoms with E-state index in [1.807, 2.05) is 18.2 Å². The van der Waals surface area contributed by atoms with Crippen molar-refractivity contribution in [2.75, 3.05) is 51.8 Å². The van der Waals surface area contributed by atoms with E-state index in [1.54, 1.807) is 14.2 Å². The summed E-state index contributed by atoms with van der Waals surface area (Å²) in [5.41, 5.74) is 3.47. The number of aliphatic hydroxyl groups is 1. The number of aliphatic hydroxyl groups excluding tert-OH is 1. The highest BCUT2D eigenvalue weighted by Crippen LogP contribution is 2.30. The van der Waals surface area contributed by atoms with Crippen LogP contribution in [0.5, 0.6) is 11.5 Å². The number of rotatable bonds is 6. The molecule has 1 aliphatic heterocycles. The number of piperazine rings is 1. The molecular weight excluding hydrogens is 328 g/mol. The van der Waals surface area contributed by atoms with E-state index in [0.29, 0.717) is 18.0 Å². The van der Waals surface area contributed by atoms with Crippen LogP contribution in [0, 0.1) is 6.92 Å². The van der Waals surface area contributed by atoms with Crippen molar-refractivity contribution in [1.82, 2.24) is 4.90 Å². The van der Waals surface area contributed by atoms with Gasteiger partial charge in [-0.3, -0.25) is 4.90 Å². The van der Waals surface area contributed by atoms with E-state index in [0.717, 1.165) is 31.7 Å². The van der Waals surface area contributed by atoms with Crippen LogP contribution in [-0.4, -0.2) is 56.9 Å². The molecule has 0 spiro atoms. The summed E-state index contributed by atoms with van der Waals surface area (Å²) in [7, 11) is 3.22. The van der Waals surface area contributed by atoms with E-state index < -0.39 is 6.10 Å². The molecule has 1 heterocycles. The first kappa shape index (κ1) is 18.5. The highest BCUT2D eigenvalue weighted by atomic mass is 16.5. The summed E-state index contributed by atoms with van der Waals surface area (Å²) in [5.74, 6) is 1.32. The average molecular weight is 356 g/mol. The Labute approximate surface area is 155 Å². The topological polar surface area (TPSA) is 45.2 Å². The van der Waals surface area contributed by atoms with Crippen LogP contribution in [0.15, 0.2) is 42.5 Å². The Bertz CT molecular complexity index is 727. The monoisotopic (exact) mass is 356 g/mol. The van der Waals surface area contributed by atoms with Crippen molar-refractivity contribution in [3.63, 3.8) is 0 Å². The fourth-order valence-corrected chi connectivity index (χ4v) is 3.50. The fourth-order valence-electron chi connectivity index (χ4n) is 3.50. The summed E-state index contributed by atoms with van der Waals surface area (Å²) >= 11 is 0. The van der Waals surface area contributed by atoms with Gasteiger partial charge in [0.1, 0.15) is 0 Å². The van der Waals surface area contributed by atoms with Gasteiger partial charge in [-0.25, -0.2) is 0 Å². The zero-order valence-electron chi connectivity index (χ0n) is 15.8. The van der Waals surface area contributed by atoms with E-state index in [9.17, 15) is 5.11 Å². The standard InChI is InChI=1S/C21H28N2O3/c1-16-6-4-5-7-18(16)23-12-10-22(11-13-23)15-19(24)17-8-9-20(25-2)21(14-17)26-3/h4-9,14,19,24H,10-13,15H2,1-3H3/t19-/m1/s1. The summed E-state index contributed by atoms with van der Waals surface area (Å²) in [6.45, 7) is 6.62. The summed E-state index contributed by atoms with van der Waals surface area (Å²) in [6, 6.07) is 14.1. The molecule has 0 aromatic heterocycles. The van der Waals surface area contributed by atoms with Crippen LogP contribution in [-0.2, 0) is 0 Å². The van der Waals surface area contributed by atoms with Crippen molar-refractivity contribution >= 4 is 5.69 Å². The Balaban J connectivity index is 1.58. The predicted molar refractivity (Wildman–Crippen MR) is 104 cm³/mol. The van der Waals surface area contributed by atoms with Crippen LogP contribution in [0.4, 0.5) is 5.69 Å². The van der Waals surface area contributed by atoms with E-state index in [1.165, 1.54) is 11.3 Å². The molecule has 1 saturated heterocycles. The Morgan fingerprint density at radius 2 is 1.65 bits per heavy atom. The molecule has 0 bridgehead atoms. The van der Waals surface area contributed by atoms with Crippen molar-refractivity contribution in [3.8, 4) is 11.5 Å². The zero-order valence-corrected chi connectivity index (χ0v) is 15.8. The number of methoxy groups -OCH3 is 2. The first-order valence-corrected chi connectivity index (χ1v) is 9.05. The Morgan fingerprint density at radius 3 is 2.31 bits per heavy atom. The third-order valence-electron chi connectivity index (χ3n) is 5.05. The maximum Gasteiger partial charge on any atom is 0.161 e. The third-order valence-corrected chi connectivity index (χ3v) is 5.05. The first-order chi connectivity index (χ1) is 12.6. The molecule has 0 amide bonds. The molecule has 1 N–H and O–H groups in total. The molecule has 2 aromatic carbocycles.